The van der Waals surface area contributed by atoms with Gasteiger partial charge in [0.2, 0.25) is 0 Å². The van der Waals surface area contributed by atoms with Crippen LogP contribution in [0, 0.1) is 5.82 Å². The summed E-state index contributed by atoms with van der Waals surface area (Å²) in [5.41, 5.74) is 3.60. The van der Waals surface area contributed by atoms with E-state index in [0.29, 0.717) is 5.69 Å². The van der Waals surface area contributed by atoms with Crippen LogP contribution in [0.5, 0.6) is 5.75 Å². The van der Waals surface area contributed by atoms with Crippen LogP contribution in [0.4, 0.5) is 4.39 Å². The number of benzene rings is 2. The van der Waals surface area contributed by atoms with E-state index in [-0.39, 0.29) is 5.75 Å². The first-order valence-electron chi connectivity index (χ1n) is 7.85. The number of carbonyl (C=O) groups excluding carboxylic acids is 1. The summed E-state index contributed by atoms with van der Waals surface area (Å²) in [5.74, 6) is -1.04. The lowest BCUT2D eigenvalue weighted by molar-refractivity contribution is -0.127. The molecule has 1 heterocycles. The molecule has 0 aliphatic rings. The lowest BCUT2D eigenvalue weighted by Gasteiger charge is -2.13. The van der Waals surface area contributed by atoms with Gasteiger partial charge in [0.05, 0.1) is 18.1 Å². The van der Waals surface area contributed by atoms with Gasteiger partial charge in [-0.1, -0.05) is 30.3 Å². The second-order valence-electron chi connectivity index (χ2n) is 5.32. The molecular weight excluding hydrogens is 337 g/mol. The van der Waals surface area contributed by atoms with E-state index < -0.39 is 17.8 Å². The summed E-state index contributed by atoms with van der Waals surface area (Å²) in [6.45, 7) is 1.50. The molecule has 0 aliphatic heterocycles. The second kappa shape index (κ2) is 8.02. The summed E-state index contributed by atoms with van der Waals surface area (Å²) in [6, 6.07) is 15.3. The van der Waals surface area contributed by atoms with Crippen molar-refractivity contribution >= 4 is 12.1 Å². The predicted octanol–water partition coefficient (Wildman–Crippen LogP) is 2.32. The number of para-hydroxylation sites is 2. The lowest BCUT2D eigenvalue weighted by Crippen LogP contribution is -2.33. The van der Waals surface area contributed by atoms with Crippen LogP contribution < -0.4 is 10.2 Å². The number of carbonyl (C=O) groups is 1. The summed E-state index contributed by atoms with van der Waals surface area (Å²) in [7, 11) is 0. The van der Waals surface area contributed by atoms with E-state index in [0.717, 1.165) is 5.69 Å². The molecule has 26 heavy (non-hydrogen) atoms. The number of ether oxygens (including phenoxy) is 1. The van der Waals surface area contributed by atoms with Crippen LogP contribution in [0.15, 0.2) is 65.9 Å². The van der Waals surface area contributed by atoms with Crippen LogP contribution in [0.2, 0.25) is 0 Å². The maximum Gasteiger partial charge on any atom is 0.280 e. The number of nitrogens with zero attached hydrogens (tertiary/aromatic N) is 4. The van der Waals surface area contributed by atoms with Crippen molar-refractivity contribution in [2.75, 3.05) is 0 Å². The molecule has 3 rings (SSSR count). The van der Waals surface area contributed by atoms with Gasteiger partial charge in [0, 0.05) is 0 Å². The molecule has 1 unspecified atom stereocenters. The maximum atomic E-state index is 13.5. The molecule has 1 amide bonds. The minimum Gasteiger partial charge on any atom is -0.478 e. The molecular formula is C18H16FN5O2. The first-order chi connectivity index (χ1) is 12.6. The zero-order valence-corrected chi connectivity index (χ0v) is 13.9. The Kier molecular flexibility index (Phi) is 5.33. The van der Waals surface area contributed by atoms with E-state index in [9.17, 15) is 9.18 Å². The quantitative estimate of drug-likeness (QED) is 0.545. The molecule has 0 radical (unpaired) electrons. The summed E-state index contributed by atoms with van der Waals surface area (Å²) in [6.07, 6.45) is 1.96. The van der Waals surface area contributed by atoms with Gasteiger partial charge < -0.3 is 4.74 Å². The van der Waals surface area contributed by atoms with Crippen molar-refractivity contribution in [1.29, 1.82) is 0 Å². The van der Waals surface area contributed by atoms with Crippen molar-refractivity contribution in [3.63, 3.8) is 0 Å². The number of hydrazone groups is 1. The highest BCUT2D eigenvalue weighted by Gasteiger charge is 2.15. The van der Waals surface area contributed by atoms with Crippen molar-refractivity contribution in [3.05, 3.63) is 72.3 Å². The molecule has 8 heteroatoms. The standard InChI is InChI=1S/C18H16FN5O2/c1-13(26-17-10-6-5-9-16(17)19)18(25)22-20-11-14-12-21-24(23-14)15-7-3-2-4-8-15/h2-13H,1H3,(H,22,25)/b20-11+. The fraction of sp³-hybridized carbons (Fsp3) is 0.111. The second-order valence-corrected chi connectivity index (χ2v) is 5.32. The molecule has 132 valence electrons. The van der Waals surface area contributed by atoms with Gasteiger partial charge in [-0.25, -0.2) is 9.82 Å². The molecule has 7 nitrogen and oxygen atoms in total. The predicted molar refractivity (Wildman–Crippen MR) is 93.6 cm³/mol. The van der Waals surface area contributed by atoms with Gasteiger partial charge in [0.15, 0.2) is 17.7 Å². The molecule has 0 aliphatic carbocycles. The van der Waals surface area contributed by atoms with Gasteiger partial charge in [0.1, 0.15) is 5.69 Å². The lowest BCUT2D eigenvalue weighted by atomic mass is 10.3. The topological polar surface area (TPSA) is 81.4 Å². The third kappa shape index (κ3) is 4.29. The van der Waals surface area contributed by atoms with E-state index in [1.54, 1.807) is 12.1 Å². The molecule has 1 atom stereocenters. The fourth-order valence-corrected chi connectivity index (χ4v) is 2.06. The zero-order valence-electron chi connectivity index (χ0n) is 13.9. The van der Waals surface area contributed by atoms with Gasteiger partial charge in [-0.05, 0) is 31.2 Å². The van der Waals surface area contributed by atoms with E-state index in [1.807, 2.05) is 30.3 Å². The molecule has 0 spiro atoms. The normalized spacial score (nSPS) is 12.1. The van der Waals surface area contributed by atoms with Crippen molar-refractivity contribution in [3.8, 4) is 11.4 Å². The highest BCUT2D eigenvalue weighted by Crippen LogP contribution is 2.16. The van der Waals surface area contributed by atoms with Gasteiger partial charge in [0.25, 0.3) is 5.91 Å². The average molecular weight is 353 g/mol. The van der Waals surface area contributed by atoms with Gasteiger partial charge in [-0.3, -0.25) is 4.79 Å². The Bertz CT molecular complexity index is 911. The molecule has 3 aromatic rings. The number of rotatable bonds is 6. The summed E-state index contributed by atoms with van der Waals surface area (Å²) >= 11 is 0. The van der Waals surface area contributed by atoms with Gasteiger partial charge in [-0.15, -0.1) is 5.10 Å². The first-order valence-corrected chi connectivity index (χ1v) is 7.85. The number of aromatic nitrogens is 3. The first kappa shape index (κ1) is 17.3. The molecule has 0 saturated heterocycles. The Labute approximate surface area is 149 Å². The Morgan fingerprint density at radius 3 is 2.73 bits per heavy atom. The van der Waals surface area contributed by atoms with Crippen molar-refractivity contribution in [2.45, 2.75) is 13.0 Å². The van der Waals surface area contributed by atoms with Crippen LogP contribution in [-0.4, -0.2) is 33.2 Å². The molecule has 0 bridgehead atoms. The molecule has 0 saturated carbocycles. The average Bonchev–Trinajstić information content (AvgIpc) is 3.13. The maximum absolute atomic E-state index is 13.5. The van der Waals surface area contributed by atoms with Gasteiger partial charge in [-0.2, -0.15) is 15.0 Å². The van der Waals surface area contributed by atoms with Gasteiger partial charge >= 0.3 is 0 Å². The van der Waals surface area contributed by atoms with Crippen LogP contribution in [-0.2, 0) is 4.79 Å². The van der Waals surface area contributed by atoms with Crippen LogP contribution >= 0.6 is 0 Å². The fourth-order valence-electron chi connectivity index (χ4n) is 2.06. The minimum absolute atomic E-state index is 0.00457. The van der Waals surface area contributed by atoms with E-state index in [4.69, 9.17) is 4.74 Å². The molecule has 1 aromatic heterocycles. The summed E-state index contributed by atoms with van der Waals surface area (Å²) < 4.78 is 18.8. The van der Waals surface area contributed by atoms with E-state index in [1.165, 1.54) is 36.3 Å². The SMILES string of the molecule is CC(Oc1ccccc1F)C(=O)N/N=C/c1cnn(-c2ccccc2)n1. The highest BCUT2D eigenvalue weighted by molar-refractivity contribution is 5.83. The van der Waals surface area contributed by atoms with Crippen LogP contribution in [0.3, 0.4) is 0 Å². The zero-order chi connectivity index (χ0) is 18.4. The molecule has 2 aromatic carbocycles. The van der Waals surface area contributed by atoms with Crippen LogP contribution in [0.25, 0.3) is 5.69 Å². The molecule has 0 fully saturated rings. The summed E-state index contributed by atoms with van der Waals surface area (Å²) in [5, 5.41) is 12.2. The number of nitrogens with one attached hydrogen (secondary N) is 1. The number of hydrogen-bond acceptors (Lipinski definition) is 5. The van der Waals surface area contributed by atoms with Crippen LogP contribution in [0.1, 0.15) is 12.6 Å². The number of amides is 1. The number of hydrogen-bond donors (Lipinski definition) is 1. The monoisotopic (exact) mass is 353 g/mol. The Morgan fingerprint density at radius 1 is 1.23 bits per heavy atom. The minimum atomic E-state index is -0.913. The van der Waals surface area contributed by atoms with E-state index >= 15 is 0 Å². The van der Waals surface area contributed by atoms with E-state index in [2.05, 4.69) is 20.7 Å². The third-order valence-corrected chi connectivity index (χ3v) is 3.38. The Morgan fingerprint density at radius 2 is 1.96 bits per heavy atom. The van der Waals surface area contributed by atoms with Crippen molar-refractivity contribution in [2.24, 2.45) is 5.10 Å². The largest absolute Gasteiger partial charge is 0.478 e. The highest BCUT2D eigenvalue weighted by atomic mass is 19.1. The van der Waals surface area contributed by atoms with Crippen molar-refractivity contribution in [1.82, 2.24) is 20.4 Å². The third-order valence-electron chi connectivity index (χ3n) is 3.38. The Balaban J connectivity index is 1.56. The number of halogens is 1. The Hall–Kier alpha value is -3.55. The molecule has 1 N–H and O–H groups in total. The van der Waals surface area contributed by atoms with Crippen molar-refractivity contribution < 1.29 is 13.9 Å². The smallest absolute Gasteiger partial charge is 0.280 e. The summed E-state index contributed by atoms with van der Waals surface area (Å²) in [4.78, 5) is 13.4.